The van der Waals surface area contributed by atoms with E-state index in [1.54, 1.807) is 0 Å². The highest BCUT2D eigenvalue weighted by atomic mass is 19.1. The first-order valence-electron chi connectivity index (χ1n) is 7.30. The molecule has 1 saturated heterocycles. The maximum absolute atomic E-state index is 13.5. The third kappa shape index (κ3) is 4.99. The molecular weight excluding hydrogens is 271 g/mol. The fourth-order valence-electron chi connectivity index (χ4n) is 2.47. The summed E-state index contributed by atoms with van der Waals surface area (Å²) in [4.78, 5) is 16.2. The Bertz CT molecular complexity index is 489. The van der Waals surface area contributed by atoms with Gasteiger partial charge in [-0.15, -0.1) is 0 Å². The number of nitrogens with zero attached hydrogens (tertiary/aromatic N) is 2. The largest absolute Gasteiger partial charge is 0.399 e. The average molecular weight is 294 g/mol. The Morgan fingerprint density at radius 3 is 2.86 bits per heavy atom. The van der Waals surface area contributed by atoms with E-state index in [0.29, 0.717) is 5.69 Å². The number of nitrogen functional groups attached to an aromatic ring is 1. The van der Waals surface area contributed by atoms with Crippen molar-refractivity contribution >= 4 is 17.3 Å². The van der Waals surface area contributed by atoms with Gasteiger partial charge in [-0.1, -0.05) is 0 Å². The van der Waals surface area contributed by atoms with E-state index < -0.39 is 5.82 Å². The third-order valence-electron chi connectivity index (χ3n) is 3.67. The molecule has 1 amide bonds. The molecule has 0 aliphatic carbocycles. The molecule has 0 unspecified atom stereocenters. The van der Waals surface area contributed by atoms with Gasteiger partial charge in [0.25, 0.3) is 0 Å². The molecule has 0 saturated carbocycles. The lowest BCUT2D eigenvalue weighted by molar-refractivity contribution is -0.117. The Hall–Kier alpha value is -1.66. The Balaban J connectivity index is 1.76. The van der Waals surface area contributed by atoms with Gasteiger partial charge in [0.05, 0.1) is 12.2 Å². The summed E-state index contributed by atoms with van der Waals surface area (Å²) in [6.45, 7) is 4.33. The number of rotatable bonds is 6. The number of halogens is 1. The van der Waals surface area contributed by atoms with Gasteiger partial charge in [-0.25, -0.2) is 4.39 Å². The Morgan fingerprint density at radius 2 is 2.14 bits per heavy atom. The molecule has 21 heavy (non-hydrogen) atoms. The quantitative estimate of drug-likeness (QED) is 0.778. The highest BCUT2D eigenvalue weighted by molar-refractivity contribution is 5.92. The van der Waals surface area contributed by atoms with Crippen LogP contribution in [0.3, 0.4) is 0 Å². The second-order valence-corrected chi connectivity index (χ2v) is 5.57. The van der Waals surface area contributed by atoms with Gasteiger partial charge in [0.1, 0.15) is 5.82 Å². The Kier molecular flexibility index (Phi) is 5.52. The van der Waals surface area contributed by atoms with Crippen molar-refractivity contribution in [1.82, 2.24) is 9.80 Å². The van der Waals surface area contributed by atoms with Crippen molar-refractivity contribution in [2.24, 2.45) is 0 Å². The van der Waals surface area contributed by atoms with Crippen molar-refractivity contribution < 1.29 is 9.18 Å². The number of nitrogens with two attached hydrogens (primary N) is 1. The molecule has 1 aliphatic rings. The van der Waals surface area contributed by atoms with Crippen LogP contribution in [-0.4, -0.2) is 55.5 Å². The van der Waals surface area contributed by atoms with Crippen molar-refractivity contribution in [3.63, 3.8) is 0 Å². The summed E-state index contributed by atoms with van der Waals surface area (Å²) < 4.78 is 13.5. The molecule has 1 aromatic rings. The van der Waals surface area contributed by atoms with Crippen LogP contribution in [-0.2, 0) is 4.79 Å². The minimum Gasteiger partial charge on any atom is -0.399 e. The number of hydrogen-bond acceptors (Lipinski definition) is 4. The maximum Gasteiger partial charge on any atom is 0.238 e. The zero-order valence-corrected chi connectivity index (χ0v) is 12.4. The second kappa shape index (κ2) is 7.38. The van der Waals surface area contributed by atoms with Crippen LogP contribution in [0.5, 0.6) is 0 Å². The number of benzene rings is 1. The molecule has 0 bridgehead atoms. The lowest BCUT2D eigenvalue weighted by Crippen LogP contribution is -2.36. The molecule has 1 aliphatic heterocycles. The molecule has 0 atom stereocenters. The molecule has 116 valence electrons. The van der Waals surface area contributed by atoms with Crippen LogP contribution in [0.4, 0.5) is 15.8 Å². The smallest absolute Gasteiger partial charge is 0.238 e. The van der Waals surface area contributed by atoms with Crippen LogP contribution in [0, 0.1) is 5.82 Å². The van der Waals surface area contributed by atoms with Gasteiger partial charge in [-0.3, -0.25) is 9.69 Å². The highest BCUT2D eigenvalue weighted by Crippen LogP contribution is 2.17. The zero-order chi connectivity index (χ0) is 15.2. The summed E-state index contributed by atoms with van der Waals surface area (Å²) in [5.74, 6) is -0.708. The second-order valence-electron chi connectivity index (χ2n) is 5.57. The topological polar surface area (TPSA) is 61.6 Å². The average Bonchev–Trinajstić information content (AvgIpc) is 2.94. The molecule has 1 heterocycles. The van der Waals surface area contributed by atoms with E-state index in [2.05, 4.69) is 10.2 Å². The standard InChI is InChI=1S/C15H23FN4O/c1-19(8-9-20-6-2-3-7-20)11-15(21)18-14-10-12(17)4-5-13(14)16/h4-5,10H,2-3,6-9,11,17H2,1H3,(H,18,21). The SMILES string of the molecule is CN(CCN1CCCC1)CC(=O)Nc1cc(N)ccc1F. The van der Waals surface area contributed by atoms with Crippen LogP contribution in [0.25, 0.3) is 0 Å². The first-order valence-corrected chi connectivity index (χ1v) is 7.30. The zero-order valence-electron chi connectivity index (χ0n) is 12.4. The monoisotopic (exact) mass is 294 g/mol. The van der Waals surface area contributed by atoms with E-state index in [1.165, 1.54) is 31.0 Å². The molecule has 6 heteroatoms. The fourth-order valence-corrected chi connectivity index (χ4v) is 2.47. The van der Waals surface area contributed by atoms with E-state index in [9.17, 15) is 9.18 Å². The summed E-state index contributed by atoms with van der Waals surface area (Å²) in [5, 5.41) is 2.56. The van der Waals surface area contributed by atoms with Crippen molar-refractivity contribution in [2.45, 2.75) is 12.8 Å². The van der Waals surface area contributed by atoms with Crippen LogP contribution in [0.15, 0.2) is 18.2 Å². The van der Waals surface area contributed by atoms with E-state index in [1.807, 2.05) is 11.9 Å². The first kappa shape index (κ1) is 15.7. The molecule has 2 rings (SSSR count). The van der Waals surface area contributed by atoms with E-state index in [4.69, 9.17) is 5.73 Å². The number of nitrogens with one attached hydrogen (secondary N) is 1. The summed E-state index contributed by atoms with van der Waals surface area (Å²) in [6.07, 6.45) is 2.53. The minimum atomic E-state index is -0.475. The molecule has 0 spiro atoms. The van der Waals surface area contributed by atoms with E-state index in [-0.39, 0.29) is 18.1 Å². The van der Waals surface area contributed by atoms with Crippen LogP contribution >= 0.6 is 0 Å². The normalized spacial score (nSPS) is 15.6. The lowest BCUT2D eigenvalue weighted by Gasteiger charge is -2.20. The van der Waals surface area contributed by atoms with E-state index >= 15 is 0 Å². The fraction of sp³-hybridized carbons (Fsp3) is 0.533. The number of amides is 1. The number of hydrogen-bond donors (Lipinski definition) is 2. The van der Waals surface area contributed by atoms with Crippen molar-refractivity contribution in [3.8, 4) is 0 Å². The predicted octanol–water partition coefficient (Wildman–Crippen LogP) is 1.37. The van der Waals surface area contributed by atoms with Crippen LogP contribution in [0.2, 0.25) is 0 Å². The van der Waals surface area contributed by atoms with Crippen LogP contribution < -0.4 is 11.1 Å². The Labute approximate surface area is 124 Å². The summed E-state index contributed by atoms with van der Waals surface area (Å²) in [6, 6.07) is 4.15. The Morgan fingerprint density at radius 1 is 1.43 bits per heavy atom. The molecule has 1 aromatic carbocycles. The van der Waals surface area contributed by atoms with Gasteiger partial charge >= 0.3 is 0 Å². The number of likely N-dealkylation sites (N-methyl/N-ethyl adjacent to an activating group) is 1. The number of carbonyl (C=O) groups is 1. The summed E-state index contributed by atoms with van der Waals surface area (Å²) in [5.41, 5.74) is 6.15. The van der Waals surface area contributed by atoms with Gasteiger partial charge in [-0.05, 0) is 51.2 Å². The predicted molar refractivity (Wildman–Crippen MR) is 82.6 cm³/mol. The van der Waals surface area contributed by atoms with E-state index in [0.717, 1.165) is 26.2 Å². The lowest BCUT2D eigenvalue weighted by atomic mass is 10.2. The molecule has 5 nitrogen and oxygen atoms in total. The van der Waals surface area contributed by atoms with Gasteiger partial charge in [0, 0.05) is 18.8 Å². The maximum atomic E-state index is 13.5. The first-order chi connectivity index (χ1) is 10.0. The van der Waals surface area contributed by atoms with Crippen molar-refractivity contribution in [1.29, 1.82) is 0 Å². The number of likely N-dealkylation sites (tertiary alicyclic amines) is 1. The van der Waals surface area contributed by atoms with Crippen molar-refractivity contribution in [3.05, 3.63) is 24.0 Å². The summed E-state index contributed by atoms with van der Waals surface area (Å²) >= 11 is 0. The number of anilines is 2. The van der Waals surface area contributed by atoms with Crippen LogP contribution in [0.1, 0.15) is 12.8 Å². The van der Waals surface area contributed by atoms with Gasteiger partial charge < -0.3 is 16.0 Å². The summed E-state index contributed by atoms with van der Waals surface area (Å²) in [7, 11) is 1.89. The number of carbonyl (C=O) groups excluding carboxylic acids is 1. The van der Waals surface area contributed by atoms with Gasteiger partial charge in [0.15, 0.2) is 0 Å². The molecule has 0 radical (unpaired) electrons. The molecule has 1 fully saturated rings. The third-order valence-corrected chi connectivity index (χ3v) is 3.67. The molecular formula is C15H23FN4O. The minimum absolute atomic E-state index is 0.132. The highest BCUT2D eigenvalue weighted by Gasteiger charge is 2.14. The molecule has 3 N–H and O–H groups in total. The van der Waals surface area contributed by atoms with Crippen molar-refractivity contribution in [2.75, 3.05) is 50.8 Å². The van der Waals surface area contributed by atoms with Gasteiger partial charge in [-0.2, -0.15) is 0 Å². The molecule has 0 aromatic heterocycles. The van der Waals surface area contributed by atoms with Gasteiger partial charge in [0.2, 0.25) is 5.91 Å².